The Hall–Kier alpha value is -2.49. The molecular weight excluding hydrogens is 288 g/mol. The Morgan fingerprint density at radius 1 is 1.00 bits per heavy atom. The number of amides is 2. The van der Waals surface area contributed by atoms with E-state index in [9.17, 15) is 4.79 Å². The third-order valence-electron chi connectivity index (χ3n) is 3.61. The number of carbonyl (C=O) groups excluding carboxylic acids is 1. The standard InChI is InChI=1S/C19H24N2O2/c1-13-6-11-17(23-5)16(12-13)21-18(22)20-15-9-7-14(8-10-15)19(2,3)4/h6-12H,1-5H3,(H2,20,21,22). The predicted molar refractivity (Wildman–Crippen MR) is 95.5 cm³/mol. The molecule has 2 rings (SSSR count). The molecule has 2 aromatic rings. The third-order valence-corrected chi connectivity index (χ3v) is 3.61. The molecule has 0 aliphatic heterocycles. The van der Waals surface area contributed by atoms with Crippen LogP contribution in [0.2, 0.25) is 0 Å². The fraction of sp³-hybridized carbons (Fsp3) is 0.316. The number of rotatable bonds is 3. The van der Waals surface area contributed by atoms with Crippen LogP contribution < -0.4 is 15.4 Å². The normalized spacial score (nSPS) is 11.0. The van der Waals surface area contributed by atoms with Crippen LogP contribution in [0.15, 0.2) is 42.5 Å². The molecule has 23 heavy (non-hydrogen) atoms. The third kappa shape index (κ3) is 4.49. The second-order valence-corrected chi connectivity index (χ2v) is 6.61. The summed E-state index contributed by atoms with van der Waals surface area (Å²) in [5.74, 6) is 0.633. The zero-order valence-electron chi connectivity index (χ0n) is 14.4. The Balaban J connectivity index is 2.07. The van der Waals surface area contributed by atoms with E-state index in [0.29, 0.717) is 11.4 Å². The van der Waals surface area contributed by atoms with Gasteiger partial charge in [-0.1, -0.05) is 39.0 Å². The van der Waals surface area contributed by atoms with Crippen molar-refractivity contribution >= 4 is 17.4 Å². The maximum absolute atomic E-state index is 12.2. The van der Waals surface area contributed by atoms with Crippen LogP contribution in [-0.4, -0.2) is 13.1 Å². The highest BCUT2D eigenvalue weighted by molar-refractivity contribution is 6.00. The highest BCUT2D eigenvalue weighted by Gasteiger charge is 2.13. The Morgan fingerprint density at radius 2 is 1.65 bits per heavy atom. The molecule has 4 nitrogen and oxygen atoms in total. The highest BCUT2D eigenvalue weighted by atomic mass is 16.5. The lowest BCUT2D eigenvalue weighted by atomic mass is 9.87. The van der Waals surface area contributed by atoms with Crippen molar-refractivity contribution in [3.8, 4) is 5.75 Å². The smallest absolute Gasteiger partial charge is 0.323 e. The SMILES string of the molecule is COc1ccc(C)cc1NC(=O)Nc1ccc(C(C)(C)C)cc1. The summed E-state index contributed by atoms with van der Waals surface area (Å²) >= 11 is 0. The first-order valence-corrected chi connectivity index (χ1v) is 7.63. The van der Waals surface area contributed by atoms with Crippen molar-refractivity contribution in [2.45, 2.75) is 33.1 Å². The molecule has 0 bridgehead atoms. The van der Waals surface area contributed by atoms with E-state index < -0.39 is 0 Å². The molecule has 2 amide bonds. The summed E-state index contributed by atoms with van der Waals surface area (Å²) in [5.41, 5.74) is 3.77. The predicted octanol–water partition coefficient (Wildman–Crippen LogP) is 4.95. The number of aryl methyl sites for hydroxylation is 1. The first-order valence-electron chi connectivity index (χ1n) is 7.63. The van der Waals surface area contributed by atoms with E-state index in [1.165, 1.54) is 5.56 Å². The van der Waals surface area contributed by atoms with E-state index in [4.69, 9.17) is 4.74 Å². The number of nitrogens with one attached hydrogen (secondary N) is 2. The average Bonchev–Trinajstić information content (AvgIpc) is 2.47. The van der Waals surface area contributed by atoms with E-state index in [0.717, 1.165) is 11.3 Å². The van der Waals surface area contributed by atoms with Crippen molar-refractivity contribution < 1.29 is 9.53 Å². The van der Waals surface area contributed by atoms with E-state index in [1.54, 1.807) is 7.11 Å². The van der Waals surface area contributed by atoms with Gasteiger partial charge in [-0.2, -0.15) is 0 Å². The van der Waals surface area contributed by atoms with Crippen LogP contribution in [0.25, 0.3) is 0 Å². The van der Waals surface area contributed by atoms with Gasteiger partial charge in [-0.05, 0) is 47.7 Å². The van der Waals surface area contributed by atoms with Crippen molar-refractivity contribution in [1.82, 2.24) is 0 Å². The number of ether oxygens (including phenoxy) is 1. The van der Waals surface area contributed by atoms with Gasteiger partial charge in [-0.15, -0.1) is 0 Å². The summed E-state index contributed by atoms with van der Waals surface area (Å²) in [4.78, 5) is 12.2. The molecule has 0 aliphatic rings. The quantitative estimate of drug-likeness (QED) is 0.843. The van der Waals surface area contributed by atoms with Gasteiger partial charge >= 0.3 is 6.03 Å². The summed E-state index contributed by atoms with van der Waals surface area (Å²) in [6.45, 7) is 8.44. The van der Waals surface area contributed by atoms with Crippen LogP contribution in [0.5, 0.6) is 5.75 Å². The van der Waals surface area contributed by atoms with Crippen LogP contribution in [0.1, 0.15) is 31.9 Å². The lowest BCUT2D eigenvalue weighted by Crippen LogP contribution is -2.20. The lowest BCUT2D eigenvalue weighted by molar-refractivity contribution is 0.262. The Labute approximate surface area is 137 Å². The summed E-state index contributed by atoms with van der Waals surface area (Å²) in [5, 5.41) is 5.65. The number of anilines is 2. The summed E-state index contributed by atoms with van der Waals surface area (Å²) in [6, 6.07) is 13.2. The molecule has 2 aromatic carbocycles. The number of benzene rings is 2. The van der Waals surface area contributed by atoms with Gasteiger partial charge in [-0.25, -0.2) is 4.79 Å². The maximum Gasteiger partial charge on any atom is 0.323 e. The molecule has 0 saturated heterocycles. The summed E-state index contributed by atoms with van der Waals surface area (Å²) < 4.78 is 5.26. The van der Waals surface area contributed by atoms with Gasteiger partial charge in [0.2, 0.25) is 0 Å². The minimum Gasteiger partial charge on any atom is -0.495 e. The topological polar surface area (TPSA) is 50.4 Å². The molecule has 0 heterocycles. The average molecular weight is 312 g/mol. The van der Waals surface area contributed by atoms with Gasteiger partial charge in [0.1, 0.15) is 5.75 Å². The number of methoxy groups -OCH3 is 1. The minimum absolute atomic E-state index is 0.0930. The molecule has 0 spiro atoms. The molecule has 2 N–H and O–H groups in total. The summed E-state index contributed by atoms with van der Waals surface area (Å²) in [6.07, 6.45) is 0. The van der Waals surface area contributed by atoms with E-state index in [-0.39, 0.29) is 11.4 Å². The van der Waals surface area contributed by atoms with E-state index in [1.807, 2.05) is 49.4 Å². The monoisotopic (exact) mass is 312 g/mol. The van der Waals surface area contributed by atoms with Gasteiger partial charge < -0.3 is 15.4 Å². The van der Waals surface area contributed by atoms with Crippen LogP contribution in [-0.2, 0) is 5.41 Å². The van der Waals surface area contributed by atoms with Gasteiger partial charge in [0, 0.05) is 5.69 Å². The largest absolute Gasteiger partial charge is 0.495 e. The van der Waals surface area contributed by atoms with Crippen LogP contribution in [0.3, 0.4) is 0 Å². The van der Waals surface area contributed by atoms with Gasteiger partial charge in [0.05, 0.1) is 12.8 Å². The molecule has 0 aliphatic carbocycles. The van der Waals surface area contributed by atoms with Crippen molar-refractivity contribution in [3.05, 3.63) is 53.6 Å². The molecule has 0 radical (unpaired) electrons. The van der Waals surface area contributed by atoms with Gasteiger partial charge in [-0.3, -0.25) is 0 Å². The first-order chi connectivity index (χ1) is 10.8. The molecule has 4 heteroatoms. The zero-order valence-corrected chi connectivity index (χ0v) is 14.4. The van der Waals surface area contributed by atoms with Crippen LogP contribution >= 0.6 is 0 Å². The number of carbonyl (C=O) groups is 1. The fourth-order valence-electron chi connectivity index (χ4n) is 2.26. The lowest BCUT2D eigenvalue weighted by Gasteiger charge is -2.19. The highest BCUT2D eigenvalue weighted by Crippen LogP contribution is 2.26. The molecule has 0 aromatic heterocycles. The second-order valence-electron chi connectivity index (χ2n) is 6.61. The van der Waals surface area contributed by atoms with Crippen molar-refractivity contribution in [2.75, 3.05) is 17.7 Å². The van der Waals surface area contributed by atoms with E-state index >= 15 is 0 Å². The van der Waals surface area contributed by atoms with Crippen LogP contribution in [0.4, 0.5) is 16.2 Å². The minimum atomic E-state index is -0.294. The number of hydrogen-bond donors (Lipinski definition) is 2. The maximum atomic E-state index is 12.2. The number of urea groups is 1. The Kier molecular flexibility index (Phi) is 4.94. The molecule has 0 saturated carbocycles. The van der Waals surface area contributed by atoms with Crippen molar-refractivity contribution in [2.24, 2.45) is 0 Å². The molecule has 0 fully saturated rings. The fourth-order valence-corrected chi connectivity index (χ4v) is 2.26. The Morgan fingerprint density at radius 3 is 2.22 bits per heavy atom. The molecule has 0 atom stereocenters. The second kappa shape index (κ2) is 6.73. The molecule has 0 unspecified atom stereocenters. The first kappa shape index (κ1) is 16.9. The molecular formula is C19H24N2O2. The number of hydrogen-bond acceptors (Lipinski definition) is 2. The Bertz CT molecular complexity index is 686. The van der Waals surface area contributed by atoms with E-state index in [2.05, 4.69) is 31.4 Å². The zero-order chi connectivity index (χ0) is 17.0. The molecule has 122 valence electrons. The van der Waals surface area contributed by atoms with Crippen molar-refractivity contribution in [1.29, 1.82) is 0 Å². The van der Waals surface area contributed by atoms with Crippen LogP contribution in [0, 0.1) is 6.92 Å². The van der Waals surface area contributed by atoms with Crippen molar-refractivity contribution in [3.63, 3.8) is 0 Å². The van der Waals surface area contributed by atoms with Gasteiger partial charge in [0.25, 0.3) is 0 Å². The van der Waals surface area contributed by atoms with Gasteiger partial charge in [0.15, 0.2) is 0 Å². The summed E-state index contributed by atoms with van der Waals surface area (Å²) in [7, 11) is 1.58.